The van der Waals surface area contributed by atoms with Gasteiger partial charge in [-0.3, -0.25) is 0 Å². The molecule has 6 heteroatoms. The highest BCUT2D eigenvalue weighted by Crippen LogP contribution is 2.30. The van der Waals surface area contributed by atoms with E-state index >= 15 is 0 Å². The Labute approximate surface area is 138 Å². The molecule has 118 valence electrons. The number of nitrogens with two attached hydrogens (primary N) is 2. The van der Waals surface area contributed by atoms with Crippen molar-refractivity contribution in [3.05, 3.63) is 60.4 Å². The van der Waals surface area contributed by atoms with Crippen LogP contribution in [0.15, 0.2) is 59.3 Å². The van der Waals surface area contributed by atoms with Gasteiger partial charge in [-0.1, -0.05) is 24.3 Å². The Bertz CT molecular complexity index is 975. The first kappa shape index (κ1) is 14.3. The Morgan fingerprint density at radius 2 is 1.83 bits per heavy atom. The Kier molecular flexibility index (Phi) is 3.44. The molecule has 0 fully saturated rings. The van der Waals surface area contributed by atoms with Gasteiger partial charge in [-0.05, 0) is 29.3 Å². The number of hydrogen-bond acceptors (Lipinski definition) is 6. The summed E-state index contributed by atoms with van der Waals surface area (Å²) < 4.78 is 5.70. The van der Waals surface area contributed by atoms with Crippen LogP contribution in [0, 0.1) is 0 Å². The molecule has 0 saturated heterocycles. The Morgan fingerprint density at radius 3 is 2.58 bits per heavy atom. The highest BCUT2D eigenvalue weighted by molar-refractivity contribution is 5.79. The average Bonchev–Trinajstić information content (AvgIpc) is 3.06. The lowest BCUT2D eigenvalue weighted by Gasteiger charge is -2.06. The summed E-state index contributed by atoms with van der Waals surface area (Å²) >= 11 is 0. The van der Waals surface area contributed by atoms with E-state index in [1.807, 2.05) is 42.5 Å². The molecule has 0 radical (unpaired) electrons. The molecule has 0 amide bonds. The maximum atomic E-state index is 6.02. The number of pyridine rings is 2. The number of anilines is 1. The van der Waals surface area contributed by atoms with Crippen LogP contribution < -0.4 is 11.5 Å². The van der Waals surface area contributed by atoms with Gasteiger partial charge in [-0.2, -0.15) is 0 Å². The summed E-state index contributed by atoms with van der Waals surface area (Å²) in [6, 6.07) is 13.6. The summed E-state index contributed by atoms with van der Waals surface area (Å²) in [7, 11) is 0. The zero-order chi connectivity index (χ0) is 16.5. The molecule has 0 aliphatic rings. The monoisotopic (exact) mass is 317 g/mol. The number of nitrogen functional groups attached to an aromatic ring is 1. The predicted molar refractivity (Wildman–Crippen MR) is 92.8 cm³/mol. The second kappa shape index (κ2) is 5.75. The number of hydrogen-bond donors (Lipinski definition) is 2. The third kappa shape index (κ3) is 2.49. The van der Waals surface area contributed by atoms with Crippen molar-refractivity contribution in [2.45, 2.75) is 6.54 Å². The standard InChI is InChI=1S/C18H15N5O/c19-9-11-3-5-12(6-4-11)13-8-14(16(20)22-10-13)17-23-15-2-1-7-21-18(15)24-17/h1-8,10H,9,19H2,(H2,20,22). The fourth-order valence-electron chi connectivity index (χ4n) is 2.52. The third-order valence-electron chi connectivity index (χ3n) is 3.84. The number of aromatic nitrogens is 3. The van der Waals surface area contributed by atoms with E-state index in [1.54, 1.807) is 12.4 Å². The summed E-state index contributed by atoms with van der Waals surface area (Å²) in [5, 5.41) is 0. The maximum absolute atomic E-state index is 6.02. The van der Waals surface area contributed by atoms with Crippen LogP contribution in [0.25, 0.3) is 33.8 Å². The molecule has 0 saturated carbocycles. The van der Waals surface area contributed by atoms with Crippen LogP contribution in [0.1, 0.15) is 5.56 Å². The van der Waals surface area contributed by atoms with Crippen molar-refractivity contribution in [2.24, 2.45) is 5.73 Å². The fourth-order valence-corrected chi connectivity index (χ4v) is 2.52. The Morgan fingerprint density at radius 1 is 1.00 bits per heavy atom. The molecule has 4 aromatic rings. The summed E-state index contributed by atoms with van der Waals surface area (Å²) in [6.07, 6.45) is 3.39. The molecular formula is C18H15N5O. The quantitative estimate of drug-likeness (QED) is 0.602. The number of benzene rings is 1. The van der Waals surface area contributed by atoms with Gasteiger partial charge >= 0.3 is 0 Å². The van der Waals surface area contributed by atoms with Gasteiger partial charge in [0.25, 0.3) is 0 Å². The van der Waals surface area contributed by atoms with Gasteiger partial charge < -0.3 is 15.9 Å². The van der Waals surface area contributed by atoms with E-state index in [2.05, 4.69) is 15.0 Å². The van der Waals surface area contributed by atoms with Gasteiger partial charge in [0.2, 0.25) is 11.6 Å². The SMILES string of the molecule is NCc1ccc(-c2cnc(N)c(-c3nc4cccnc4o3)c2)cc1. The largest absolute Gasteiger partial charge is 0.418 e. The molecule has 6 nitrogen and oxygen atoms in total. The summed E-state index contributed by atoms with van der Waals surface area (Å²) in [4.78, 5) is 12.9. The minimum atomic E-state index is 0.365. The molecule has 4 rings (SSSR count). The molecule has 0 spiro atoms. The van der Waals surface area contributed by atoms with E-state index in [9.17, 15) is 0 Å². The summed E-state index contributed by atoms with van der Waals surface area (Å²) in [5.41, 5.74) is 16.5. The first-order valence-electron chi connectivity index (χ1n) is 7.51. The molecule has 4 N–H and O–H groups in total. The van der Waals surface area contributed by atoms with E-state index in [0.717, 1.165) is 16.7 Å². The summed E-state index contributed by atoms with van der Waals surface area (Å²) in [6.45, 7) is 0.515. The topological polar surface area (TPSA) is 104 Å². The van der Waals surface area contributed by atoms with Crippen molar-refractivity contribution in [3.63, 3.8) is 0 Å². The van der Waals surface area contributed by atoms with Crippen LogP contribution in [0.3, 0.4) is 0 Å². The van der Waals surface area contributed by atoms with E-state index in [4.69, 9.17) is 15.9 Å². The highest BCUT2D eigenvalue weighted by Gasteiger charge is 2.14. The molecule has 0 aliphatic carbocycles. The van der Waals surface area contributed by atoms with Gasteiger partial charge in [0.05, 0.1) is 5.56 Å². The molecule has 0 aliphatic heterocycles. The van der Waals surface area contributed by atoms with Crippen molar-refractivity contribution in [1.82, 2.24) is 15.0 Å². The van der Waals surface area contributed by atoms with Crippen LogP contribution in [0.5, 0.6) is 0 Å². The van der Waals surface area contributed by atoms with Gasteiger partial charge in [0.1, 0.15) is 11.3 Å². The minimum absolute atomic E-state index is 0.365. The molecule has 24 heavy (non-hydrogen) atoms. The molecule has 3 aromatic heterocycles. The molecule has 1 aromatic carbocycles. The number of fused-ring (bicyclic) bond motifs is 1. The molecule has 0 bridgehead atoms. The Hall–Kier alpha value is -3.25. The van der Waals surface area contributed by atoms with Gasteiger partial charge in [0.15, 0.2) is 0 Å². The van der Waals surface area contributed by atoms with Crippen molar-refractivity contribution in [3.8, 4) is 22.6 Å². The van der Waals surface area contributed by atoms with Crippen LogP contribution in [0.2, 0.25) is 0 Å². The smallest absolute Gasteiger partial charge is 0.247 e. The van der Waals surface area contributed by atoms with Crippen LogP contribution in [-0.4, -0.2) is 15.0 Å². The van der Waals surface area contributed by atoms with E-state index in [1.165, 1.54) is 0 Å². The van der Waals surface area contributed by atoms with Crippen molar-refractivity contribution in [2.75, 3.05) is 5.73 Å². The van der Waals surface area contributed by atoms with Crippen LogP contribution in [-0.2, 0) is 6.54 Å². The molecular weight excluding hydrogens is 302 g/mol. The summed E-state index contributed by atoms with van der Waals surface area (Å²) in [5.74, 6) is 0.776. The van der Waals surface area contributed by atoms with Gasteiger partial charge in [-0.25, -0.2) is 15.0 Å². The first-order chi connectivity index (χ1) is 11.7. The fraction of sp³-hybridized carbons (Fsp3) is 0.0556. The second-order valence-electron chi connectivity index (χ2n) is 5.40. The molecule has 3 heterocycles. The lowest BCUT2D eigenvalue weighted by molar-refractivity contribution is 0.608. The maximum Gasteiger partial charge on any atom is 0.247 e. The Balaban J connectivity index is 1.80. The van der Waals surface area contributed by atoms with E-state index in [-0.39, 0.29) is 0 Å². The molecule has 0 atom stereocenters. The van der Waals surface area contributed by atoms with Crippen molar-refractivity contribution < 1.29 is 4.42 Å². The second-order valence-corrected chi connectivity index (χ2v) is 5.40. The number of nitrogens with zero attached hydrogens (tertiary/aromatic N) is 3. The van der Waals surface area contributed by atoms with Crippen LogP contribution >= 0.6 is 0 Å². The normalized spacial score (nSPS) is 11.0. The molecule has 0 unspecified atom stereocenters. The first-order valence-corrected chi connectivity index (χ1v) is 7.51. The highest BCUT2D eigenvalue weighted by atomic mass is 16.4. The van der Waals surface area contributed by atoms with Gasteiger partial charge in [-0.15, -0.1) is 0 Å². The minimum Gasteiger partial charge on any atom is -0.418 e. The third-order valence-corrected chi connectivity index (χ3v) is 3.84. The number of rotatable bonds is 3. The van der Waals surface area contributed by atoms with Crippen molar-refractivity contribution in [1.29, 1.82) is 0 Å². The van der Waals surface area contributed by atoms with E-state index in [0.29, 0.717) is 35.0 Å². The number of oxazole rings is 1. The van der Waals surface area contributed by atoms with Gasteiger partial charge in [0, 0.05) is 24.5 Å². The average molecular weight is 317 g/mol. The van der Waals surface area contributed by atoms with E-state index < -0.39 is 0 Å². The van der Waals surface area contributed by atoms with Crippen molar-refractivity contribution >= 4 is 17.0 Å². The predicted octanol–water partition coefficient (Wildman–Crippen LogP) is 2.99. The lowest BCUT2D eigenvalue weighted by atomic mass is 10.0. The lowest BCUT2D eigenvalue weighted by Crippen LogP contribution is -1.96. The zero-order valence-corrected chi connectivity index (χ0v) is 12.8. The van der Waals surface area contributed by atoms with Crippen LogP contribution in [0.4, 0.5) is 5.82 Å². The zero-order valence-electron chi connectivity index (χ0n) is 12.8.